The van der Waals surface area contributed by atoms with E-state index in [9.17, 15) is 4.79 Å². The Morgan fingerprint density at radius 3 is 2.88 bits per heavy atom. The Morgan fingerprint density at radius 1 is 1.41 bits per heavy atom. The minimum Gasteiger partial charge on any atom is -0.314 e. The summed E-state index contributed by atoms with van der Waals surface area (Å²) in [4.78, 5) is 11.5. The molecule has 1 atom stereocenters. The molecule has 1 aromatic rings. The van der Waals surface area contributed by atoms with Gasteiger partial charge in [0.25, 0.3) is 5.56 Å². The number of nitrogens with one attached hydrogen (secondary N) is 1. The first-order valence-electron chi connectivity index (χ1n) is 6.66. The Kier molecular flexibility index (Phi) is 4.37. The van der Waals surface area contributed by atoms with E-state index in [1.54, 1.807) is 16.7 Å². The molecular formula is C14H22N2O. The molecule has 0 aliphatic heterocycles. The number of rotatable bonds is 5. The van der Waals surface area contributed by atoms with Crippen LogP contribution in [-0.4, -0.2) is 17.2 Å². The smallest absolute Gasteiger partial charge is 0.250 e. The van der Waals surface area contributed by atoms with Crippen molar-refractivity contribution in [1.29, 1.82) is 0 Å². The molecule has 0 amide bonds. The zero-order chi connectivity index (χ0) is 12.1. The molecule has 1 saturated carbocycles. The summed E-state index contributed by atoms with van der Waals surface area (Å²) in [5.74, 6) is 0.836. The van der Waals surface area contributed by atoms with Crippen LogP contribution in [0.5, 0.6) is 0 Å². The highest BCUT2D eigenvalue weighted by molar-refractivity contribution is 4.93. The zero-order valence-electron chi connectivity index (χ0n) is 10.6. The molecule has 1 heterocycles. The number of aromatic nitrogens is 1. The standard InChI is InChI=1S/C14H22N2O/c1-12(13-6-2-3-7-13)15-9-11-16-10-5-4-8-14(16)17/h4-5,8,10,12-13,15H,2-3,6-7,9,11H2,1H3. The number of hydrogen-bond acceptors (Lipinski definition) is 2. The third-order valence-electron chi connectivity index (χ3n) is 3.82. The van der Waals surface area contributed by atoms with Gasteiger partial charge in [0.1, 0.15) is 0 Å². The topological polar surface area (TPSA) is 34.0 Å². The fraction of sp³-hybridized carbons (Fsp3) is 0.643. The van der Waals surface area contributed by atoms with E-state index in [4.69, 9.17) is 0 Å². The molecule has 0 spiro atoms. The Bertz CT molecular complexity index is 393. The lowest BCUT2D eigenvalue weighted by molar-refractivity contribution is 0.374. The Morgan fingerprint density at radius 2 is 2.18 bits per heavy atom. The highest BCUT2D eigenvalue weighted by Crippen LogP contribution is 2.27. The van der Waals surface area contributed by atoms with E-state index in [0.717, 1.165) is 19.0 Å². The van der Waals surface area contributed by atoms with Gasteiger partial charge in [-0.3, -0.25) is 4.79 Å². The summed E-state index contributed by atoms with van der Waals surface area (Å²) in [7, 11) is 0. The molecule has 0 bridgehead atoms. The minimum atomic E-state index is 0.0859. The normalized spacial score (nSPS) is 18.4. The van der Waals surface area contributed by atoms with Crippen molar-refractivity contribution in [3.05, 3.63) is 34.7 Å². The van der Waals surface area contributed by atoms with Crippen molar-refractivity contribution < 1.29 is 0 Å². The molecule has 0 saturated heterocycles. The van der Waals surface area contributed by atoms with Crippen LogP contribution < -0.4 is 10.9 Å². The Labute approximate surface area is 103 Å². The largest absolute Gasteiger partial charge is 0.314 e. The quantitative estimate of drug-likeness (QED) is 0.845. The van der Waals surface area contributed by atoms with Crippen molar-refractivity contribution in [2.24, 2.45) is 5.92 Å². The van der Waals surface area contributed by atoms with E-state index in [2.05, 4.69) is 12.2 Å². The summed E-state index contributed by atoms with van der Waals surface area (Å²) in [6.07, 6.45) is 7.34. The lowest BCUT2D eigenvalue weighted by atomic mass is 10.00. The predicted molar refractivity (Wildman–Crippen MR) is 70.1 cm³/mol. The summed E-state index contributed by atoms with van der Waals surface area (Å²) in [5, 5.41) is 3.54. The van der Waals surface area contributed by atoms with Gasteiger partial charge in [-0.1, -0.05) is 18.9 Å². The molecule has 3 heteroatoms. The van der Waals surface area contributed by atoms with Crippen LogP contribution in [-0.2, 0) is 6.54 Å². The van der Waals surface area contributed by atoms with E-state index in [0.29, 0.717) is 6.04 Å². The molecule has 1 N–H and O–H groups in total. The maximum atomic E-state index is 11.5. The van der Waals surface area contributed by atoms with Crippen molar-refractivity contribution in [3.8, 4) is 0 Å². The van der Waals surface area contributed by atoms with Crippen LogP contribution in [0.25, 0.3) is 0 Å². The van der Waals surface area contributed by atoms with Crippen molar-refractivity contribution in [1.82, 2.24) is 9.88 Å². The Hall–Kier alpha value is -1.09. The minimum absolute atomic E-state index is 0.0859. The van der Waals surface area contributed by atoms with Crippen molar-refractivity contribution in [3.63, 3.8) is 0 Å². The first kappa shape index (κ1) is 12.4. The van der Waals surface area contributed by atoms with Crippen molar-refractivity contribution in [2.45, 2.75) is 45.2 Å². The second kappa shape index (κ2) is 6.01. The van der Waals surface area contributed by atoms with Crippen molar-refractivity contribution in [2.75, 3.05) is 6.54 Å². The summed E-state index contributed by atoms with van der Waals surface area (Å²) >= 11 is 0. The van der Waals surface area contributed by atoms with Gasteiger partial charge in [-0.2, -0.15) is 0 Å². The van der Waals surface area contributed by atoms with Crippen LogP contribution in [0.15, 0.2) is 29.2 Å². The van der Waals surface area contributed by atoms with Gasteiger partial charge in [-0.05, 0) is 31.7 Å². The summed E-state index contributed by atoms with van der Waals surface area (Å²) in [5.41, 5.74) is 0.0859. The van der Waals surface area contributed by atoms with Gasteiger partial charge in [0.2, 0.25) is 0 Å². The molecule has 1 fully saturated rings. The average Bonchev–Trinajstić information content (AvgIpc) is 2.85. The maximum Gasteiger partial charge on any atom is 0.250 e. The molecular weight excluding hydrogens is 212 g/mol. The number of pyridine rings is 1. The van der Waals surface area contributed by atoms with Crippen LogP contribution >= 0.6 is 0 Å². The van der Waals surface area contributed by atoms with Gasteiger partial charge in [-0.15, -0.1) is 0 Å². The highest BCUT2D eigenvalue weighted by atomic mass is 16.1. The summed E-state index contributed by atoms with van der Waals surface area (Å²) in [6.45, 7) is 3.90. The first-order chi connectivity index (χ1) is 8.27. The van der Waals surface area contributed by atoms with Crippen molar-refractivity contribution >= 4 is 0 Å². The van der Waals surface area contributed by atoms with Crippen LogP contribution in [0.3, 0.4) is 0 Å². The van der Waals surface area contributed by atoms with Crippen LogP contribution in [0, 0.1) is 5.92 Å². The van der Waals surface area contributed by atoms with Gasteiger partial charge in [0, 0.05) is 31.4 Å². The third kappa shape index (κ3) is 3.43. The van der Waals surface area contributed by atoms with Gasteiger partial charge in [0.15, 0.2) is 0 Å². The maximum absolute atomic E-state index is 11.5. The van der Waals surface area contributed by atoms with Gasteiger partial charge in [-0.25, -0.2) is 0 Å². The SMILES string of the molecule is CC(NCCn1ccccc1=O)C1CCCC1. The molecule has 1 unspecified atom stereocenters. The van der Waals surface area contributed by atoms with E-state index < -0.39 is 0 Å². The summed E-state index contributed by atoms with van der Waals surface area (Å²) in [6, 6.07) is 5.88. The Balaban J connectivity index is 1.76. The van der Waals surface area contributed by atoms with E-state index in [1.165, 1.54) is 25.7 Å². The molecule has 1 aliphatic rings. The molecule has 17 heavy (non-hydrogen) atoms. The van der Waals surface area contributed by atoms with Crippen LogP contribution in [0.1, 0.15) is 32.6 Å². The number of hydrogen-bond donors (Lipinski definition) is 1. The van der Waals surface area contributed by atoms with Gasteiger partial charge in [0.05, 0.1) is 0 Å². The average molecular weight is 234 g/mol. The molecule has 1 aliphatic carbocycles. The fourth-order valence-corrected chi connectivity index (χ4v) is 2.68. The fourth-order valence-electron chi connectivity index (χ4n) is 2.68. The monoisotopic (exact) mass is 234 g/mol. The van der Waals surface area contributed by atoms with Crippen LogP contribution in [0.2, 0.25) is 0 Å². The molecule has 0 radical (unpaired) electrons. The van der Waals surface area contributed by atoms with Gasteiger partial charge < -0.3 is 9.88 Å². The second-order valence-corrected chi connectivity index (χ2v) is 5.02. The lowest BCUT2D eigenvalue weighted by Crippen LogP contribution is -2.35. The lowest BCUT2D eigenvalue weighted by Gasteiger charge is -2.20. The van der Waals surface area contributed by atoms with Gasteiger partial charge >= 0.3 is 0 Å². The predicted octanol–water partition coefficient (Wildman–Crippen LogP) is 2.02. The number of nitrogens with zero attached hydrogens (tertiary/aromatic N) is 1. The first-order valence-corrected chi connectivity index (χ1v) is 6.66. The zero-order valence-corrected chi connectivity index (χ0v) is 10.6. The highest BCUT2D eigenvalue weighted by Gasteiger charge is 2.20. The van der Waals surface area contributed by atoms with E-state index in [-0.39, 0.29) is 5.56 Å². The summed E-state index contributed by atoms with van der Waals surface area (Å²) < 4.78 is 1.76. The van der Waals surface area contributed by atoms with E-state index in [1.807, 2.05) is 12.3 Å². The third-order valence-corrected chi connectivity index (χ3v) is 3.82. The molecule has 0 aromatic carbocycles. The second-order valence-electron chi connectivity index (χ2n) is 5.02. The van der Waals surface area contributed by atoms with E-state index >= 15 is 0 Å². The molecule has 3 nitrogen and oxygen atoms in total. The molecule has 1 aromatic heterocycles. The molecule has 94 valence electrons. The molecule has 2 rings (SSSR count). The van der Waals surface area contributed by atoms with Crippen LogP contribution in [0.4, 0.5) is 0 Å².